The number of aryl methyl sites for hydroxylation is 1. The number of benzene rings is 1. The van der Waals surface area contributed by atoms with Gasteiger partial charge in [0, 0.05) is 12.7 Å². The van der Waals surface area contributed by atoms with Crippen LogP contribution in [-0.4, -0.2) is 17.0 Å². The van der Waals surface area contributed by atoms with E-state index in [-0.39, 0.29) is 0 Å². The van der Waals surface area contributed by atoms with Gasteiger partial charge in [-0.1, -0.05) is 6.08 Å². The first-order valence-electron chi connectivity index (χ1n) is 6.20. The molecule has 0 aliphatic rings. The quantitative estimate of drug-likeness (QED) is 0.779. The second-order valence-electron chi connectivity index (χ2n) is 4.29. The van der Waals surface area contributed by atoms with E-state index in [1.165, 1.54) is 0 Å². The lowest BCUT2D eigenvalue weighted by molar-refractivity contribution is 1.10. The molecule has 2 rings (SSSR count). The predicted octanol–water partition coefficient (Wildman–Crippen LogP) is 0.834. The lowest BCUT2D eigenvalue weighted by Crippen LogP contribution is -2.31. The minimum atomic E-state index is 0.746. The summed E-state index contributed by atoms with van der Waals surface area (Å²) < 4.78 is 0. The average molecular weight is 254 g/mol. The number of anilines is 1. The van der Waals surface area contributed by atoms with Gasteiger partial charge in [-0.3, -0.25) is 0 Å². The third kappa shape index (κ3) is 2.73. The van der Waals surface area contributed by atoms with Gasteiger partial charge >= 0.3 is 0 Å². The van der Waals surface area contributed by atoms with E-state index >= 15 is 0 Å². The fourth-order valence-electron chi connectivity index (χ4n) is 1.82. The Hall–Kier alpha value is -2.36. The van der Waals surface area contributed by atoms with E-state index in [1.807, 2.05) is 57.5 Å². The van der Waals surface area contributed by atoms with Gasteiger partial charge < -0.3 is 11.1 Å². The summed E-state index contributed by atoms with van der Waals surface area (Å²) in [5, 5.41) is 4.65. The van der Waals surface area contributed by atoms with E-state index in [4.69, 9.17) is 5.73 Å². The Bertz CT molecular complexity index is 745. The number of aromatic nitrogens is 2. The molecule has 1 heterocycles. The summed E-state index contributed by atoms with van der Waals surface area (Å²) in [4.78, 5) is 9.23. The van der Waals surface area contributed by atoms with Crippen LogP contribution in [0.5, 0.6) is 0 Å². The van der Waals surface area contributed by atoms with Gasteiger partial charge in [0.15, 0.2) is 0 Å². The molecule has 2 aromatic rings. The van der Waals surface area contributed by atoms with E-state index < -0.39 is 0 Å². The zero-order valence-corrected chi connectivity index (χ0v) is 11.4. The molecule has 0 spiro atoms. The van der Waals surface area contributed by atoms with Gasteiger partial charge in [-0.05, 0) is 49.9 Å². The number of hydrogen-bond acceptors (Lipinski definition) is 4. The molecule has 0 saturated heterocycles. The van der Waals surface area contributed by atoms with Crippen molar-refractivity contribution in [3.05, 3.63) is 40.7 Å². The maximum atomic E-state index is 5.91. The molecule has 0 radical (unpaired) electrons. The third-order valence-corrected chi connectivity index (χ3v) is 2.90. The fourth-order valence-corrected chi connectivity index (χ4v) is 1.82. The van der Waals surface area contributed by atoms with E-state index in [9.17, 15) is 0 Å². The number of nitrogens with two attached hydrogens (primary N) is 1. The first-order chi connectivity index (χ1) is 9.15. The molecule has 0 aliphatic heterocycles. The second kappa shape index (κ2) is 5.52. The highest BCUT2D eigenvalue weighted by atomic mass is 14.8. The Kier molecular flexibility index (Phi) is 3.80. The van der Waals surface area contributed by atoms with Crippen LogP contribution in [0.3, 0.4) is 0 Å². The molecule has 0 saturated carbocycles. The molecule has 0 amide bonds. The number of nitrogens with zero attached hydrogens (tertiary/aromatic N) is 2. The molecular weight excluding hydrogens is 236 g/mol. The number of rotatable bonds is 2. The summed E-state index contributed by atoms with van der Waals surface area (Å²) in [7, 11) is 1.86. The molecule has 0 unspecified atom stereocenters. The molecule has 4 nitrogen and oxygen atoms in total. The smallest absolute Gasteiger partial charge is 0.0915 e. The van der Waals surface area contributed by atoms with Gasteiger partial charge in [0.25, 0.3) is 0 Å². The highest BCUT2D eigenvalue weighted by molar-refractivity contribution is 5.79. The topological polar surface area (TPSA) is 63.8 Å². The molecule has 3 N–H and O–H groups in total. The standard InChI is InChI=1S/C15H18N4/c1-4-12-13(6-5-7-17-3)19-14-8-10(2)11(16)9-15(14)18-12/h4-9,17H,16H2,1-3H3/b7-5?,12-4+,13-6?. The van der Waals surface area contributed by atoms with Gasteiger partial charge in [0.05, 0.1) is 21.7 Å². The molecule has 0 bridgehead atoms. The number of hydrogen-bond donors (Lipinski definition) is 2. The van der Waals surface area contributed by atoms with Gasteiger partial charge in [0.2, 0.25) is 0 Å². The van der Waals surface area contributed by atoms with Gasteiger partial charge in [0.1, 0.15) is 0 Å². The molecule has 1 aromatic heterocycles. The Labute approximate surface area is 112 Å². The van der Waals surface area contributed by atoms with Crippen LogP contribution in [0, 0.1) is 6.92 Å². The summed E-state index contributed by atoms with van der Waals surface area (Å²) in [5.41, 5.74) is 9.36. The van der Waals surface area contributed by atoms with E-state index in [0.29, 0.717) is 0 Å². The van der Waals surface area contributed by atoms with E-state index in [0.717, 1.165) is 33.0 Å². The zero-order chi connectivity index (χ0) is 13.8. The monoisotopic (exact) mass is 254 g/mol. The van der Waals surface area contributed by atoms with Crippen molar-refractivity contribution in [3.8, 4) is 0 Å². The van der Waals surface area contributed by atoms with Crippen molar-refractivity contribution in [2.75, 3.05) is 12.8 Å². The SMILES string of the molecule is C/C=c1/nc2cc(N)c(C)cc2nc1=CC=CNC. The molecule has 4 heteroatoms. The Morgan fingerprint density at radius 3 is 2.53 bits per heavy atom. The Morgan fingerprint density at radius 2 is 1.84 bits per heavy atom. The van der Waals surface area contributed by atoms with E-state index in [1.54, 1.807) is 0 Å². The van der Waals surface area contributed by atoms with Crippen LogP contribution in [0.4, 0.5) is 5.69 Å². The molecule has 0 fully saturated rings. The van der Waals surface area contributed by atoms with Crippen LogP contribution in [0.15, 0.2) is 24.4 Å². The van der Waals surface area contributed by atoms with Gasteiger partial charge in [-0.15, -0.1) is 0 Å². The first kappa shape index (κ1) is 13.1. The van der Waals surface area contributed by atoms with Crippen LogP contribution in [0.1, 0.15) is 12.5 Å². The van der Waals surface area contributed by atoms with Crippen molar-refractivity contribution in [1.29, 1.82) is 0 Å². The summed E-state index contributed by atoms with van der Waals surface area (Å²) >= 11 is 0. The minimum Gasteiger partial charge on any atom is -0.398 e. The average Bonchev–Trinajstić information content (AvgIpc) is 2.40. The summed E-state index contributed by atoms with van der Waals surface area (Å²) in [6.07, 6.45) is 7.64. The summed E-state index contributed by atoms with van der Waals surface area (Å²) in [6, 6.07) is 3.84. The summed E-state index contributed by atoms with van der Waals surface area (Å²) in [6.45, 7) is 3.92. The van der Waals surface area contributed by atoms with Gasteiger partial charge in [-0.25, -0.2) is 9.97 Å². The largest absolute Gasteiger partial charge is 0.398 e. The Morgan fingerprint density at radius 1 is 1.16 bits per heavy atom. The highest BCUT2D eigenvalue weighted by Gasteiger charge is 2.01. The minimum absolute atomic E-state index is 0.746. The normalized spacial score (nSPS) is 13.6. The molecular formula is C15H18N4. The van der Waals surface area contributed by atoms with Crippen LogP contribution in [0.25, 0.3) is 23.2 Å². The second-order valence-corrected chi connectivity index (χ2v) is 4.29. The molecule has 19 heavy (non-hydrogen) atoms. The van der Waals surface area contributed by atoms with Crippen LogP contribution in [0.2, 0.25) is 0 Å². The van der Waals surface area contributed by atoms with E-state index in [2.05, 4.69) is 15.3 Å². The lowest BCUT2D eigenvalue weighted by Gasteiger charge is -2.02. The van der Waals surface area contributed by atoms with Crippen molar-refractivity contribution in [2.45, 2.75) is 13.8 Å². The van der Waals surface area contributed by atoms with Gasteiger partial charge in [-0.2, -0.15) is 0 Å². The predicted molar refractivity (Wildman–Crippen MR) is 80.7 cm³/mol. The lowest BCUT2D eigenvalue weighted by atomic mass is 10.1. The maximum Gasteiger partial charge on any atom is 0.0915 e. The first-order valence-corrected chi connectivity index (χ1v) is 6.20. The number of nitrogens with one attached hydrogen (secondary N) is 1. The fraction of sp³-hybridized carbons (Fsp3) is 0.200. The maximum absolute atomic E-state index is 5.91. The molecule has 0 aliphatic carbocycles. The molecule has 1 aromatic carbocycles. The van der Waals surface area contributed by atoms with Crippen molar-refractivity contribution < 1.29 is 0 Å². The van der Waals surface area contributed by atoms with Crippen LogP contribution in [-0.2, 0) is 0 Å². The number of fused-ring (bicyclic) bond motifs is 1. The third-order valence-electron chi connectivity index (χ3n) is 2.90. The Balaban J connectivity index is 2.75. The highest BCUT2D eigenvalue weighted by Crippen LogP contribution is 2.15. The van der Waals surface area contributed by atoms with Crippen molar-refractivity contribution in [3.63, 3.8) is 0 Å². The zero-order valence-electron chi connectivity index (χ0n) is 11.4. The van der Waals surface area contributed by atoms with Crippen LogP contribution < -0.4 is 21.7 Å². The van der Waals surface area contributed by atoms with Crippen molar-refractivity contribution in [2.24, 2.45) is 0 Å². The van der Waals surface area contributed by atoms with Crippen molar-refractivity contribution in [1.82, 2.24) is 15.3 Å². The number of nitrogen functional groups attached to an aromatic ring is 1. The molecule has 98 valence electrons. The number of allylic oxidation sites excluding steroid dienone is 1. The van der Waals surface area contributed by atoms with Crippen molar-refractivity contribution >= 4 is 28.9 Å². The molecule has 0 atom stereocenters. The summed E-state index contributed by atoms with van der Waals surface area (Å²) in [5.74, 6) is 0. The van der Waals surface area contributed by atoms with Crippen LogP contribution >= 0.6 is 0 Å².